The maximum absolute atomic E-state index is 9.53. The molecular weight excluding hydrogens is 166 g/mol. The van der Waals surface area contributed by atoms with Gasteiger partial charge in [-0.3, -0.25) is 4.90 Å². The number of hydrogen-bond acceptors (Lipinski definition) is 3. The lowest BCUT2D eigenvalue weighted by molar-refractivity contribution is -0.0171. The van der Waals surface area contributed by atoms with Crippen LogP contribution in [0.25, 0.3) is 0 Å². The van der Waals surface area contributed by atoms with Crippen LogP contribution in [-0.2, 0) is 4.74 Å². The van der Waals surface area contributed by atoms with Crippen molar-refractivity contribution in [1.29, 1.82) is 0 Å². The second-order valence-corrected chi connectivity index (χ2v) is 4.16. The number of ether oxygens (including phenoxy) is 1. The van der Waals surface area contributed by atoms with Crippen LogP contribution in [0.4, 0.5) is 0 Å². The van der Waals surface area contributed by atoms with Gasteiger partial charge in [0.2, 0.25) is 0 Å². The van der Waals surface area contributed by atoms with Gasteiger partial charge in [0, 0.05) is 19.2 Å². The first-order valence-corrected chi connectivity index (χ1v) is 5.36. The monoisotopic (exact) mass is 185 g/mol. The molecule has 0 aromatic rings. The molecule has 0 amide bonds. The molecule has 1 N–H and O–H groups in total. The number of likely N-dealkylation sites (tertiary alicyclic amines) is 1. The minimum absolute atomic E-state index is 0.101. The number of aliphatic hydroxyl groups excluding tert-OH is 1. The molecule has 2 heterocycles. The largest absolute Gasteiger partial charge is 0.392 e. The maximum Gasteiger partial charge on any atom is 0.0667 e. The molecule has 13 heavy (non-hydrogen) atoms. The van der Waals surface area contributed by atoms with Crippen molar-refractivity contribution in [3.63, 3.8) is 0 Å². The number of β-amino-alcohol motifs (C(OH)–C–C–N with tert-alkyl or cyclic N) is 1. The Morgan fingerprint density at radius 1 is 1.23 bits per heavy atom. The Morgan fingerprint density at radius 3 is 2.85 bits per heavy atom. The van der Waals surface area contributed by atoms with Crippen LogP contribution in [0.1, 0.15) is 25.7 Å². The maximum atomic E-state index is 9.53. The summed E-state index contributed by atoms with van der Waals surface area (Å²) in [5, 5.41) is 9.53. The summed E-state index contributed by atoms with van der Waals surface area (Å²) >= 11 is 0. The van der Waals surface area contributed by atoms with Crippen molar-refractivity contribution in [3.8, 4) is 0 Å². The molecule has 2 atom stereocenters. The molecule has 2 aliphatic rings. The van der Waals surface area contributed by atoms with Gasteiger partial charge in [0.25, 0.3) is 0 Å². The van der Waals surface area contributed by atoms with Crippen LogP contribution in [0.15, 0.2) is 0 Å². The summed E-state index contributed by atoms with van der Waals surface area (Å²) in [5.74, 6) is 0. The van der Waals surface area contributed by atoms with Gasteiger partial charge >= 0.3 is 0 Å². The Hall–Kier alpha value is -0.120. The lowest BCUT2D eigenvalue weighted by atomic mass is 10.0. The minimum atomic E-state index is -0.101. The molecule has 0 aliphatic carbocycles. The number of piperidine rings is 1. The van der Waals surface area contributed by atoms with E-state index < -0.39 is 0 Å². The van der Waals surface area contributed by atoms with Gasteiger partial charge < -0.3 is 9.84 Å². The highest BCUT2D eigenvalue weighted by Crippen LogP contribution is 2.18. The average molecular weight is 185 g/mol. The fourth-order valence-corrected chi connectivity index (χ4v) is 2.33. The molecule has 2 rings (SSSR count). The van der Waals surface area contributed by atoms with Crippen molar-refractivity contribution in [2.75, 3.05) is 26.3 Å². The number of nitrogens with zero attached hydrogens (tertiary/aromatic N) is 1. The van der Waals surface area contributed by atoms with E-state index in [1.165, 1.54) is 12.8 Å². The zero-order valence-electron chi connectivity index (χ0n) is 8.11. The number of hydrogen-bond donors (Lipinski definition) is 1. The Bertz CT molecular complexity index is 157. The summed E-state index contributed by atoms with van der Waals surface area (Å²) in [6, 6.07) is 0.573. The van der Waals surface area contributed by atoms with Crippen LogP contribution in [-0.4, -0.2) is 48.5 Å². The Kier molecular flexibility index (Phi) is 3.19. The summed E-state index contributed by atoms with van der Waals surface area (Å²) in [7, 11) is 0. The van der Waals surface area contributed by atoms with Gasteiger partial charge in [-0.15, -0.1) is 0 Å². The topological polar surface area (TPSA) is 32.7 Å². The standard InChI is InChI=1S/C10H19NO2/c12-10-4-1-5-11(7-10)9-3-2-6-13-8-9/h9-10,12H,1-8H2. The van der Waals surface area contributed by atoms with E-state index >= 15 is 0 Å². The SMILES string of the molecule is OC1CCCN(C2CCCOC2)C1. The second-order valence-electron chi connectivity index (χ2n) is 4.16. The summed E-state index contributed by atoms with van der Waals surface area (Å²) < 4.78 is 5.45. The molecule has 0 bridgehead atoms. The van der Waals surface area contributed by atoms with E-state index in [-0.39, 0.29) is 6.10 Å². The molecule has 0 aromatic heterocycles. The highest BCUT2D eigenvalue weighted by atomic mass is 16.5. The molecule has 2 unspecified atom stereocenters. The van der Waals surface area contributed by atoms with Crippen LogP contribution >= 0.6 is 0 Å². The normalized spacial score (nSPS) is 37.6. The molecule has 3 heteroatoms. The minimum Gasteiger partial charge on any atom is -0.392 e. The smallest absolute Gasteiger partial charge is 0.0667 e. The fourth-order valence-electron chi connectivity index (χ4n) is 2.33. The molecule has 0 radical (unpaired) electrons. The fraction of sp³-hybridized carbons (Fsp3) is 1.00. The number of aliphatic hydroxyl groups is 1. The first kappa shape index (κ1) is 9.44. The van der Waals surface area contributed by atoms with Crippen molar-refractivity contribution in [2.45, 2.75) is 37.8 Å². The summed E-state index contributed by atoms with van der Waals surface area (Å²) in [5.41, 5.74) is 0. The highest BCUT2D eigenvalue weighted by Gasteiger charge is 2.26. The lowest BCUT2D eigenvalue weighted by Crippen LogP contribution is -2.47. The molecule has 76 valence electrons. The van der Waals surface area contributed by atoms with Gasteiger partial charge in [-0.1, -0.05) is 0 Å². The molecule has 0 saturated carbocycles. The van der Waals surface area contributed by atoms with Crippen molar-refractivity contribution in [2.24, 2.45) is 0 Å². The highest BCUT2D eigenvalue weighted by molar-refractivity contribution is 4.80. The average Bonchev–Trinajstić information content (AvgIpc) is 2.19. The first-order chi connectivity index (χ1) is 6.36. The summed E-state index contributed by atoms with van der Waals surface area (Å²) in [6.07, 6.45) is 4.43. The van der Waals surface area contributed by atoms with Gasteiger partial charge in [0.05, 0.1) is 12.7 Å². The van der Waals surface area contributed by atoms with E-state index in [1.54, 1.807) is 0 Å². The summed E-state index contributed by atoms with van der Waals surface area (Å²) in [6.45, 7) is 3.79. The zero-order chi connectivity index (χ0) is 9.10. The van der Waals surface area contributed by atoms with Gasteiger partial charge in [0.1, 0.15) is 0 Å². The molecular formula is C10H19NO2. The predicted molar refractivity (Wildman–Crippen MR) is 50.7 cm³/mol. The molecule has 3 nitrogen and oxygen atoms in total. The molecule has 0 aromatic carbocycles. The molecule has 2 fully saturated rings. The van der Waals surface area contributed by atoms with E-state index in [0.29, 0.717) is 6.04 Å². The predicted octanol–water partition coefficient (Wildman–Crippen LogP) is 0.622. The molecule has 0 spiro atoms. The Morgan fingerprint density at radius 2 is 2.15 bits per heavy atom. The van der Waals surface area contributed by atoms with Crippen LogP contribution in [0.2, 0.25) is 0 Å². The lowest BCUT2D eigenvalue weighted by Gasteiger charge is -2.38. The third-order valence-electron chi connectivity index (χ3n) is 3.08. The quantitative estimate of drug-likeness (QED) is 0.650. The van der Waals surface area contributed by atoms with Crippen LogP contribution in [0.3, 0.4) is 0 Å². The summed E-state index contributed by atoms with van der Waals surface area (Å²) in [4.78, 5) is 2.40. The second kappa shape index (κ2) is 4.40. The first-order valence-electron chi connectivity index (χ1n) is 5.36. The van der Waals surface area contributed by atoms with E-state index in [9.17, 15) is 5.11 Å². The Balaban J connectivity index is 1.83. The van der Waals surface area contributed by atoms with Gasteiger partial charge in [0.15, 0.2) is 0 Å². The van der Waals surface area contributed by atoms with Gasteiger partial charge in [-0.25, -0.2) is 0 Å². The van der Waals surface area contributed by atoms with Crippen LogP contribution in [0.5, 0.6) is 0 Å². The van der Waals surface area contributed by atoms with Crippen LogP contribution < -0.4 is 0 Å². The van der Waals surface area contributed by atoms with E-state index in [0.717, 1.165) is 39.1 Å². The molecule has 2 aliphatic heterocycles. The van der Waals surface area contributed by atoms with E-state index in [1.807, 2.05) is 0 Å². The third-order valence-corrected chi connectivity index (χ3v) is 3.08. The third kappa shape index (κ3) is 2.42. The van der Waals surface area contributed by atoms with E-state index in [2.05, 4.69) is 4.90 Å². The Labute approximate surface area is 79.7 Å². The van der Waals surface area contributed by atoms with Crippen molar-refractivity contribution in [3.05, 3.63) is 0 Å². The van der Waals surface area contributed by atoms with Crippen molar-refractivity contribution in [1.82, 2.24) is 4.90 Å². The van der Waals surface area contributed by atoms with E-state index in [4.69, 9.17) is 4.74 Å². The van der Waals surface area contributed by atoms with Gasteiger partial charge in [-0.05, 0) is 32.2 Å². The number of rotatable bonds is 1. The molecule has 2 saturated heterocycles. The van der Waals surface area contributed by atoms with Crippen LogP contribution in [0, 0.1) is 0 Å². The van der Waals surface area contributed by atoms with Crippen molar-refractivity contribution < 1.29 is 9.84 Å². The van der Waals surface area contributed by atoms with Gasteiger partial charge in [-0.2, -0.15) is 0 Å². The van der Waals surface area contributed by atoms with Crippen molar-refractivity contribution >= 4 is 0 Å². The zero-order valence-corrected chi connectivity index (χ0v) is 8.11.